The van der Waals surface area contributed by atoms with E-state index in [1.54, 1.807) is 11.8 Å². The smallest absolute Gasteiger partial charge is 0.212 e. The highest BCUT2D eigenvalue weighted by Crippen LogP contribution is 2.29. The maximum Gasteiger partial charge on any atom is 0.212 e. The summed E-state index contributed by atoms with van der Waals surface area (Å²) in [7, 11) is 0. The van der Waals surface area contributed by atoms with E-state index >= 15 is 0 Å². The molecule has 4 rings (SSSR count). The largest absolute Gasteiger partial charge is 0.307 e. The Kier molecular flexibility index (Phi) is 3.68. The van der Waals surface area contributed by atoms with E-state index in [-0.39, 0.29) is 6.04 Å². The van der Waals surface area contributed by atoms with Crippen LogP contribution in [0.4, 0.5) is 0 Å². The zero-order valence-electron chi connectivity index (χ0n) is 12.2. The third kappa shape index (κ3) is 2.45. The molecule has 0 aliphatic carbocycles. The molecule has 1 fully saturated rings. The Bertz CT molecular complexity index is 748. The number of benzene rings is 1. The molecule has 1 unspecified atom stereocenters. The topological polar surface area (TPSA) is 55.1 Å². The van der Waals surface area contributed by atoms with Gasteiger partial charge in [0.2, 0.25) is 5.16 Å². The number of rotatable bonds is 2. The predicted octanol–water partition coefficient (Wildman–Crippen LogP) is 3.02. The van der Waals surface area contributed by atoms with Gasteiger partial charge in [0, 0.05) is 10.8 Å². The van der Waals surface area contributed by atoms with Crippen molar-refractivity contribution in [2.75, 3.05) is 12.3 Å². The molecule has 2 aromatic rings. The molecule has 1 saturated heterocycles. The van der Waals surface area contributed by atoms with Crippen molar-refractivity contribution in [2.24, 2.45) is 5.10 Å². The minimum Gasteiger partial charge on any atom is -0.307 e. The lowest BCUT2D eigenvalue weighted by molar-refractivity contribution is 0.562. The van der Waals surface area contributed by atoms with Crippen molar-refractivity contribution >= 4 is 29.1 Å². The summed E-state index contributed by atoms with van der Waals surface area (Å²) in [5.41, 5.74) is 3.22. The number of aryl methyl sites for hydroxylation is 1. The fourth-order valence-corrected chi connectivity index (χ4v) is 3.79. The number of halogens is 1. The van der Waals surface area contributed by atoms with Crippen molar-refractivity contribution in [1.82, 2.24) is 20.2 Å². The Morgan fingerprint density at radius 2 is 2.27 bits per heavy atom. The lowest BCUT2D eigenvalue weighted by atomic mass is 10.1. The molecule has 2 aliphatic rings. The van der Waals surface area contributed by atoms with E-state index in [0.29, 0.717) is 0 Å². The molecule has 0 radical (unpaired) electrons. The van der Waals surface area contributed by atoms with Crippen LogP contribution in [0.2, 0.25) is 5.02 Å². The summed E-state index contributed by atoms with van der Waals surface area (Å²) in [5, 5.41) is 18.5. The first-order chi connectivity index (χ1) is 10.7. The number of aromatic nitrogens is 3. The number of nitrogens with zero attached hydrogens (tertiary/aromatic N) is 4. The average Bonchev–Trinajstić information content (AvgIpc) is 3.17. The molecule has 1 aromatic carbocycles. The molecule has 1 N–H and O–H groups in total. The van der Waals surface area contributed by atoms with E-state index in [1.165, 1.54) is 6.42 Å². The first kappa shape index (κ1) is 14.2. The van der Waals surface area contributed by atoms with Gasteiger partial charge in [-0.3, -0.25) is 0 Å². The van der Waals surface area contributed by atoms with Crippen LogP contribution in [-0.4, -0.2) is 32.9 Å². The summed E-state index contributed by atoms with van der Waals surface area (Å²) < 4.78 is 1.90. The van der Waals surface area contributed by atoms with Crippen LogP contribution in [0.5, 0.6) is 0 Å². The van der Waals surface area contributed by atoms with Crippen LogP contribution in [0.3, 0.4) is 0 Å². The molecule has 7 heteroatoms. The van der Waals surface area contributed by atoms with Gasteiger partial charge in [-0.2, -0.15) is 9.78 Å². The SMILES string of the molecule is Cc1cc(C2=Nn3c(nnc3C3CCCN3)SC2)ccc1Cl. The molecule has 5 nitrogen and oxygen atoms in total. The van der Waals surface area contributed by atoms with Crippen LogP contribution in [0.15, 0.2) is 28.5 Å². The standard InChI is InChI=1S/C15H16ClN5S/c1-9-7-10(4-5-11(9)16)13-8-22-15-19-18-14(21(15)20-13)12-3-2-6-17-12/h4-5,7,12,17H,2-3,6,8H2,1H3. The number of thioether (sulfide) groups is 1. The summed E-state index contributed by atoms with van der Waals surface area (Å²) in [6.45, 7) is 3.05. The van der Waals surface area contributed by atoms with Gasteiger partial charge in [0.1, 0.15) is 0 Å². The highest BCUT2D eigenvalue weighted by atomic mass is 35.5. The Morgan fingerprint density at radius 1 is 1.36 bits per heavy atom. The van der Waals surface area contributed by atoms with Gasteiger partial charge in [-0.1, -0.05) is 29.4 Å². The molecule has 3 heterocycles. The second kappa shape index (κ2) is 5.68. The zero-order valence-corrected chi connectivity index (χ0v) is 13.8. The van der Waals surface area contributed by atoms with Gasteiger partial charge >= 0.3 is 0 Å². The number of hydrogen-bond acceptors (Lipinski definition) is 5. The first-order valence-electron chi connectivity index (χ1n) is 7.38. The van der Waals surface area contributed by atoms with Crippen molar-refractivity contribution in [3.8, 4) is 0 Å². The van der Waals surface area contributed by atoms with Crippen LogP contribution in [0.1, 0.15) is 35.8 Å². The lowest BCUT2D eigenvalue weighted by Gasteiger charge is -2.16. The fourth-order valence-electron chi connectivity index (χ4n) is 2.83. The Balaban J connectivity index is 1.73. The van der Waals surface area contributed by atoms with Crippen LogP contribution in [-0.2, 0) is 0 Å². The summed E-state index contributed by atoms with van der Waals surface area (Å²) in [5.74, 6) is 1.72. The van der Waals surface area contributed by atoms with Gasteiger partial charge < -0.3 is 5.32 Å². The van der Waals surface area contributed by atoms with Gasteiger partial charge in [0.05, 0.1) is 11.8 Å². The van der Waals surface area contributed by atoms with Gasteiger partial charge in [0.15, 0.2) is 5.82 Å². The molecule has 0 amide bonds. The monoisotopic (exact) mass is 333 g/mol. The van der Waals surface area contributed by atoms with E-state index in [4.69, 9.17) is 16.7 Å². The summed E-state index contributed by atoms with van der Waals surface area (Å²) in [6, 6.07) is 6.31. The van der Waals surface area contributed by atoms with Gasteiger partial charge in [0.25, 0.3) is 0 Å². The number of hydrogen-bond donors (Lipinski definition) is 1. The molecule has 1 atom stereocenters. The van der Waals surface area contributed by atoms with Crippen LogP contribution < -0.4 is 5.32 Å². The van der Waals surface area contributed by atoms with Crippen molar-refractivity contribution < 1.29 is 0 Å². The molecular formula is C15H16ClN5S. The maximum atomic E-state index is 6.12. The highest BCUT2D eigenvalue weighted by Gasteiger charge is 2.27. The van der Waals surface area contributed by atoms with Crippen LogP contribution in [0.25, 0.3) is 0 Å². The molecule has 1 aromatic heterocycles. The average molecular weight is 334 g/mol. The summed E-state index contributed by atoms with van der Waals surface area (Å²) >= 11 is 7.80. The second-order valence-electron chi connectivity index (χ2n) is 5.60. The molecule has 22 heavy (non-hydrogen) atoms. The van der Waals surface area contributed by atoms with E-state index < -0.39 is 0 Å². The van der Waals surface area contributed by atoms with Gasteiger partial charge in [-0.05, 0) is 49.6 Å². The highest BCUT2D eigenvalue weighted by molar-refractivity contribution is 7.99. The fraction of sp³-hybridized carbons (Fsp3) is 0.400. The minimum absolute atomic E-state index is 0.261. The molecule has 0 spiro atoms. The van der Waals surface area contributed by atoms with Crippen molar-refractivity contribution in [3.05, 3.63) is 40.2 Å². The summed E-state index contributed by atoms with van der Waals surface area (Å²) in [6.07, 6.45) is 2.26. The number of nitrogens with one attached hydrogen (secondary N) is 1. The molecule has 2 aliphatic heterocycles. The number of fused-ring (bicyclic) bond motifs is 1. The van der Waals surface area contributed by atoms with E-state index in [2.05, 4.69) is 21.6 Å². The van der Waals surface area contributed by atoms with Crippen molar-refractivity contribution in [3.63, 3.8) is 0 Å². The Morgan fingerprint density at radius 3 is 3.05 bits per heavy atom. The van der Waals surface area contributed by atoms with E-state index in [9.17, 15) is 0 Å². The van der Waals surface area contributed by atoms with Gasteiger partial charge in [-0.15, -0.1) is 10.2 Å². The minimum atomic E-state index is 0.261. The molecule has 114 valence electrons. The third-order valence-corrected chi connectivity index (χ3v) is 5.41. The Labute approximate surface area is 138 Å². The van der Waals surface area contributed by atoms with Crippen LogP contribution >= 0.6 is 23.4 Å². The zero-order chi connectivity index (χ0) is 15.1. The van der Waals surface area contributed by atoms with Gasteiger partial charge in [-0.25, -0.2) is 0 Å². The normalized spacial score (nSPS) is 20.8. The summed E-state index contributed by atoms with van der Waals surface area (Å²) in [4.78, 5) is 0. The second-order valence-corrected chi connectivity index (χ2v) is 6.95. The third-order valence-electron chi connectivity index (χ3n) is 4.06. The predicted molar refractivity (Wildman–Crippen MR) is 88.8 cm³/mol. The van der Waals surface area contributed by atoms with E-state index in [1.807, 2.05) is 23.7 Å². The van der Waals surface area contributed by atoms with E-state index in [0.717, 1.165) is 51.6 Å². The molecule has 0 saturated carbocycles. The molecular weight excluding hydrogens is 318 g/mol. The lowest BCUT2D eigenvalue weighted by Crippen LogP contribution is -2.20. The van der Waals surface area contributed by atoms with Crippen molar-refractivity contribution in [2.45, 2.75) is 31.0 Å². The molecule has 0 bridgehead atoms. The maximum absolute atomic E-state index is 6.12. The van der Waals surface area contributed by atoms with Crippen LogP contribution in [0, 0.1) is 6.92 Å². The Hall–Kier alpha value is -1.37. The first-order valence-corrected chi connectivity index (χ1v) is 8.74. The quantitative estimate of drug-likeness (QED) is 0.917. The van der Waals surface area contributed by atoms with Crippen molar-refractivity contribution in [1.29, 1.82) is 0 Å².